The Bertz CT molecular complexity index is 785. The predicted molar refractivity (Wildman–Crippen MR) is 141 cm³/mol. The standard InChI is InChI=1S/C29H43NOS/c1-6-9-20-29(4,5)32-27-18-16-26(17-19-27)30-28(31)25(21-23(8-3)13-7-2)22-24-14-11-10-12-15-24/h10-12,14-19,23,25H,6-9,13,20-22H2,1-5H3,(H,30,31)/t23?,25-/m1/s1. The van der Waals surface area contributed by atoms with Gasteiger partial charge in [0.2, 0.25) is 5.91 Å². The Hall–Kier alpha value is -1.74. The molecular formula is C29H43NOS. The molecular weight excluding hydrogens is 410 g/mol. The third-order valence-corrected chi connectivity index (χ3v) is 7.50. The van der Waals surface area contributed by atoms with Gasteiger partial charge < -0.3 is 5.32 Å². The number of carbonyl (C=O) groups excluding carboxylic acids is 1. The van der Waals surface area contributed by atoms with Gasteiger partial charge in [-0.05, 0) is 55.0 Å². The summed E-state index contributed by atoms with van der Waals surface area (Å²) in [6, 6.07) is 18.8. The molecule has 0 radical (unpaired) electrons. The van der Waals surface area contributed by atoms with Crippen molar-refractivity contribution in [1.82, 2.24) is 0 Å². The summed E-state index contributed by atoms with van der Waals surface area (Å²) in [5, 5.41) is 3.21. The van der Waals surface area contributed by atoms with Crippen LogP contribution < -0.4 is 5.32 Å². The van der Waals surface area contributed by atoms with Crippen LogP contribution in [0.2, 0.25) is 0 Å². The fourth-order valence-electron chi connectivity index (χ4n) is 4.30. The third kappa shape index (κ3) is 9.40. The Morgan fingerprint density at radius 1 is 0.969 bits per heavy atom. The Balaban J connectivity index is 2.05. The van der Waals surface area contributed by atoms with Gasteiger partial charge in [0, 0.05) is 21.2 Å². The van der Waals surface area contributed by atoms with Crippen LogP contribution in [0.15, 0.2) is 59.5 Å². The molecule has 1 amide bonds. The number of amides is 1. The predicted octanol–water partition coefficient (Wildman–Crippen LogP) is 8.76. The summed E-state index contributed by atoms with van der Waals surface area (Å²) >= 11 is 1.93. The van der Waals surface area contributed by atoms with E-state index in [-0.39, 0.29) is 16.6 Å². The van der Waals surface area contributed by atoms with E-state index in [0.717, 1.165) is 24.9 Å². The number of hydrogen-bond acceptors (Lipinski definition) is 2. The van der Waals surface area contributed by atoms with Gasteiger partial charge in [-0.25, -0.2) is 0 Å². The molecule has 0 aliphatic carbocycles. The van der Waals surface area contributed by atoms with Crippen molar-refractivity contribution >= 4 is 23.4 Å². The van der Waals surface area contributed by atoms with E-state index in [4.69, 9.17) is 0 Å². The summed E-state index contributed by atoms with van der Waals surface area (Å²) in [4.78, 5) is 14.6. The number of benzene rings is 2. The molecule has 176 valence electrons. The highest BCUT2D eigenvalue weighted by atomic mass is 32.2. The number of anilines is 1. The molecule has 1 N–H and O–H groups in total. The van der Waals surface area contributed by atoms with Crippen molar-refractivity contribution in [2.45, 2.75) is 95.6 Å². The number of nitrogens with one attached hydrogen (secondary N) is 1. The maximum atomic E-state index is 13.3. The summed E-state index contributed by atoms with van der Waals surface area (Å²) in [5.74, 6) is 0.742. The maximum Gasteiger partial charge on any atom is 0.227 e. The number of unbranched alkanes of at least 4 members (excludes halogenated alkanes) is 1. The van der Waals surface area contributed by atoms with Crippen molar-refractivity contribution in [1.29, 1.82) is 0 Å². The second-order valence-electron chi connectivity index (χ2n) is 9.66. The highest BCUT2D eigenvalue weighted by Crippen LogP contribution is 2.36. The molecule has 3 heteroatoms. The molecule has 0 spiro atoms. The second-order valence-corrected chi connectivity index (χ2v) is 11.4. The lowest BCUT2D eigenvalue weighted by Crippen LogP contribution is -2.27. The van der Waals surface area contributed by atoms with Crippen LogP contribution in [0, 0.1) is 11.8 Å². The number of thioether (sulfide) groups is 1. The summed E-state index contributed by atoms with van der Waals surface area (Å²) in [7, 11) is 0. The van der Waals surface area contributed by atoms with E-state index in [9.17, 15) is 4.79 Å². The molecule has 2 aromatic carbocycles. The van der Waals surface area contributed by atoms with Crippen LogP contribution in [0.25, 0.3) is 0 Å². The zero-order valence-electron chi connectivity index (χ0n) is 20.8. The van der Waals surface area contributed by atoms with Crippen LogP contribution in [0.1, 0.15) is 85.1 Å². The molecule has 0 aromatic heterocycles. The largest absolute Gasteiger partial charge is 0.326 e. The van der Waals surface area contributed by atoms with Crippen LogP contribution >= 0.6 is 11.8 Å². The summed E-state index contributed by atoms with van der Waals surface area (Å²) in [5.41, 5.74) is 2.13. The minimum Gasteiger partial charge on any atom is -0.326 e. The van der Waals surface area contributed by atoms with E-state index in [0.29, 0.717) is 5.92 Å². The normalized spacial score (nSPS) is 13.5. The lowest BCUT2D eigenvalue weighted by molar-refractivity contribution is -0.120. The lowest BCUT2D eigenvalue weighted by Gasteiger charge is -2.24. The van der Waals surface area contributed by atoms with Crippen LogP contribution in [-0.4, -0.2) is 10.7 Å². The fraction of sp³-hybridized carbons (Fsp3) is 0.552. The van der Waals surface area contributed by atoms with Gasteiger partial charge in [-0.3, -0.25) is 4.79 Å². The fourth-order valence-corrected chi connectivity index (χ4v) is 5.46. The van der Waals surface area contributed by atoms with Crippen LogP contribution in [0.5, 0.6) is 0 Å². The van der Waals surface area contributed by atoms with Crippen molar-refractivity contribution in [2.75, 3.05) is 5.32 Å². The first-order valence-corrected chi connectivity index (χ1v) is 13.3. The average Bonchev–Trinajstić information content (AvgIpc) is 2.78. The van der Waals surface area contributed by atoms with Gasteiger partial charge in [-0.2, -0.15) is 0 Å². The van der Waals surface area contributed by atoms with Gasteiger partial charge in [0.15, 0.2) is 0 Å². The Morgan fingerprint density at radius 3 is 2.25 bits per heavy atom. The SMILES string of the molecule is CCCCC(C)(C)Sc1ccc(NC(=O)[C@@H](Cc2ccccc2)CC(CC)CCC)cc1. The van der Waals surface area contributed by atoms with Crippen molar-refractivity contribution in [3.05, 3.63) is 60.2 Å². The van der Waals surface area contributed by atoms with E-state index in [2.05, 4.69) is 88.5 Å². The van der Waals surface area contributed by atoms with E-state index in [1.807, 2.05) is 17.8 Å². The molecule has 0 aliphatic heterocycles. The van der Waals surface area contributed by atoms with Crippen molar-refractivity contribution in [3.8, 4) is 0 Å². The molecule has 0 saturated heterocycles. The molecule has 0 saturated carbocycles. The van der Waals surface area contributed by atoms with E-state index >= 15 is 0 Å². The molecule has 0 fully saturated rings. The van der Waals surface area contributed by atoms with E-state index in [1.54, 1.807) is 0 Å². The minimum absolute atomic E-state index is 0.00377. The highest BCUT2D eigenvalue weighted by molar-refractivity contribution is 8.00. The molecule has 2 rings (SSSR count). The third-order valence-electron chi connectivity index (χ3n) is 6.24. The Morgan fingerprint density at radius 2 is 1.66 bits per heavy atom. The first-order chi connectivity index (χ1) is 15.4. The lowest BCUT2D eigenvalue weighted by atomic mass is 9.85. The van der Waals surface area contributed by atoms with Crippen LogP contribution in [0.3, 0.4) is 0 Å². The molecule has 0 bridgehead atoms. The summed E-state index contributed by atoms with van der Waals surface area (Å²) in [6.45, 7) is 11.4. The Kier molecular flexibility index (Phi) is 11.4. The highest BCUT2D eigenvalue weighted by Gasteiger charge is 2.23. The van der Waals surface area contributed by atoms with E-state index in [1.165, 1.54) is 42.6 Å². The van der Waals surface area contributed by atoms with E-state index < -0.39 is 0 Å². The first-order valence-electron chi connectivity index (χ1n) is 12.5. The first kappa shape index (κ1) is 26.5. The van der Waals surface area contributed by atoms with Crippen molar-refractivity contribution in [3.63, 3.8) is 0 Å². The molecule has 2 nitrogen and oxygen atoms in total. The van der Waals surface area contributed by atoms with Gasteiger partial charge in [-0.15, -0.1) is 11.8 Å². The number of carbonyl (C=O) groups is 1. The quantitative estimate of drug-likeness (QED) is 0.290. The summed E-state index contributed by atoms with van der Waals surface area (Å²) < 4.78 is 0.232. The van der Waals surface area contributed by atoms with Gasteiger partial charge in [-0.1, -0.05) is 97.1 Å². The molecule has 2 atom stereocenters. The van der Waals surface area contributed by atoms with Crippen LogP contribution in [0.4, 0.5) is 5.69 Å². The topological polar surface area (TPSA) is 29.1 Å². The molecule has 1 unspecified atom stereocenters. The smallest absolute Gasteiger partial charge is 0.227 e. The molecule has 32 heavy (non-hydrogen) atoms. The number of hydrogen-bond donors (Lipinski definition) is 1. The Labute approximate surface area is 201 Å². The monoisotopic (exact) mass is 453 g/mol. The zero-order valence-corrected chi connectivity index (χ0v) is 21.6. The van der Waals surface area contributed by atoms with Gasteiger partial charge in [0.25, 0.3) is 0 Å². The molecule has 0 aliphatic rings. The van der Waals surface area contributed by atoms with Gasteiger partial charge in [0.1, 0.15) is 0 Å². The second kappa shape index (κ2) is 13.7. The van der Waals surface area contributed by atoms with Gasteiger partial charge >= 0.3 is 0 Å². The minimum atomic E-state index is -0.00377. The maximum absolute atomic E-state index is 13.3. The zero-order chi connectivity index (χ0) is 23.4. The van der Waals surface area contributed by atoms with Crippen LogP contribution in [-0.2, 0) is 11.2 Å². The van der Waals surface area contributed by atoms with Crippen molar-refractivity contribution in [2.24, 2.45) is 11.8 Å². The molecule has 2 aromatic rings. The van der Waals surface area contributed by atoms with Gasteiger partial charge in [0.05, 0.1) is 0 Å². The van der Waals surface area contributed by atoms with Crippen molar-refractivity contribution < 1.29 is 4.79 Å². The molecule has 0 heterocycles. The number of rotatable bonds is 14. The average molecular weight is 454 g/mol. The summed E-state index contributed by atoms with van der Waals surface area (Å²) in [6.07, 6.45) is 8.94.